The van der Waals surface area contributed by atoms with Gasteiger partial charge in [0.2, 0.25) is 5.95 Å². The standard InChI is InChI=1S/C26H32N6O2/c1-16(2)18-11-19(17-6-8-22(34-3)9-7-17)13-21(12-18)30-25-23(24(28)33)14-29-26(31-25)32-10-4-5-20(27)15-32/h6-9,11-14,16,20H,4-5,10,15,27H2,1-3H3,(H2,28,33)(H,29,30,31)/t20-/m0/s1. The molecule has 0 saturated carbocycles. The summed E-state index contributed by atoms with van der Waals surface area (Å²) in [6.07, 6.45) is 3.45. The minimum atomic E-state index is -0.584. The molecule has 0 bridgehead atoms. The average molecular weight is 461 g/mol. The van der Waals surface area contributed by atoms with Crippen molar-refractivity contribution >= 4 is 23.4 Å². The Morgan fingerprint density at radius 3 is 2.59 bits per heavy atom. The van der Waals surface area contributed by atoms with Crippen LogP contribution in [-0.4, -0.2) is 42.1 Å². The maximum atomic E-state index is 12.1. The molecule has 3 aromatic rings. The lowest BCUT2D eigenvalue weighted by atomic mass is 9.96. The second-order valence-electron chi connectivity index (χ2n) is 9.00. The number of primary amides is 1. The fourth-order valence-corrected chi connectivity index (χ4v) is 4.14. The highest BCUT2D eigenvalue weighted by atomic mass is 16.5. The molecule has 2 aromatic carbocycles. The highest BCUT2D eigenvalue weighted by Gasteiger charge is 2.21. The number of benzene rings is 2. The highest BCUT2D eigenvalue weighted by molar-refractivity contribution is 5.98. The number of aromatic nitrogens is 2. The van der Waals surface area contributed by atoms with Crippen LogP contribution in [0.3, 0.4) is 0 Å². The van der Waals surface area contributed by atoms with Gasteiger partial charge in [0, 0.05) is 31.0 Å². The molecule has 1 atom stereocenters. The third-order valence-electron chi connectivity index (χ3n) is 6.09. The smallest absolute Gasteiger partial charge is 0.254 e. The molecule has 5 N–H and O–H groups in total. The van der Waals surface area contributed by atoms with Gasteiger partial charge in [0.15, 0.2) is 0 Å². The zero-order valence-electron chi connectivity index (χ0n) is 19.9. The molecule has 1 aromatic heterocycles. The van der Waals surface area contributed by atoms with Gasteiger partial charge in [-0.1, -0.05) is 32.0 Å². The molecule has 0 unspecified atom stereocenters. The Kier molecular flexibility index (Phi) is 6.98. The highest BCUT2D eigenvalue weighted by Crippen LogP contribution is 2.31. The molecule has 4 rings (SSSR count). The van der Waals surface area contributed by atoms with Gasteiger partial charge in [-0.05, 0) is 59.7 Å². The fourth-order valence-electron chi connectivity index (χ4n) is 4.14. The summed E-state index contributed by atoms with van der Waals surface area (Å²) in [4.78, 5) is 23.3. The lowest BCUT2D eigenvalue weighted by Crippen LogP contribution is -2.43. The number of carbonyl (C=O) groups excluding carboxylic acids is 1. The van der Waals surface area contributed by atoms with E-state index < -0.39 is 5.91 Å². The number of methoxy groups -OCH3 is 1. The minimum Gasteiger partial charge on any atom is -0.497 e. The molecular formula is C26H32N6O2. The lowest BCUT2D eigenvalue weighted by Gasteiger charge is -2.31. The second-order valence-corrected chi connectivity index (χ2v) is 9.00. The summed E-state index contributed by atoms with van der Waals surface area (Å²) in [6.45, 7) is 5.80. The van der Waals surface area contributed by atoms with Crippen LogP contribution in [0, 0.1) is 0 Å². The number of hydrogen-bond acceptors (Lipinski definition) is 7. The van der Waals surface area contributed by atoms with Crippen LogP contribution in [0.5, 0.6) is 5.75 Å². The van der Waals surface area contributed by atoms with Crippen LogP contribution < -0.4 is 26.4 Å². The van der Waals surface area contributed by atoms with Crippen LogP contribution in [0.25, 0.3) is 11.1 Å². The van der Waals surface area contributed by atoms with Crippen molar-refractivity contribution in [1.29, 1.82) is 0 Å². The molecule has 2 heterocycles. The summed E-state index contributed by atoms with van der Waals surface area (Å²) < 4.78 is 5.29. The van der Waals surface area contributed by atoms with Crippen LogP contribution in [0.15, 0.2) is 48.7 Å². The normalized spacial score (nSPS) is 15.9. The SMILES string of the molecule is COc1ccc(-c2cc(Nc3nc(N4CCC[C@H](N)C4)ncc3C(N)=O)cc(C(C)C)c2)cc1. The molecule has 178 valence electrons. The summed E-state index contributed by atoms with van der Waals surface area (Å²) in [5.74, 6) is 1.46. The van der Waals surface area contributed by atoms with Crippen molar-refractivity contribution in [3.05, 3.63) is 59.8 Å². The predicted octanol–water partition coefficient (Wildman–Crippen LogP) is 4.05. The molecule has 0 aliphatic carbocycles. The Balaban J connectivity index is 1.72. The molecular weight excluding hydrogens is 428 g/mol. The number of nitrogens with zero attached hydrogens (tertiary/aromatic N) is 3. The van der Waals surface area contributed by atoms with Gasteiger partial charge in [-0.3, -0.25) is 4.79 Å². The minimum absolute atomic E-state index is 0.0827. The van der Waals surface area contributed by atoms with Crippen molar-refractivity contribution in [2.45, 2.75) is 38.6 Å². The van der Waals surface area contributed by atoms with Crippen LogP contribution >= 0.6 is 0 Å². The van der Waals surface area contributed by atoms with Crippen molar-refractivity contribution < 1.29 is 9.53 Å². The van der Waals surface area contributed by atoms with E-state index >= 15 is 0 Å². The maximum Gasteiger partial charge on any atom is 0.254 e. The van der Waals surface area contributed by atoms with Crippen molar-refractivity contribution in [1.82, 2.24) is 9.97 Å². The Morgan fingerprint density at radius 1 is 1.18 bits per heavy atom. The lowest BCUT2D eigenvalue weighted by molar-refractivity contribution is 0.100. The van der Waals surface area contributed by atoms with Gasteiger partial charge in [0.1, 0.15) is 17.1 Å². The summed E-state index contributed by atoms with van der Waals surface area (Å²) in [6, 6.07) is 14.3. The van der Waals surface area contributed by atoms with E-state index in [1.807, 2.05) is 30.3 Å². The van der Waals surface area contributed by atoms with Crippen LogP contribution in [-0.2, 0) is 0 Å². The van der Waals surface area contributed by atoms with Gasteiger partial charge < -0.3 is 26.4 Å². The van der Waals surface area contributed by atoms with Crippen molar-refractivity contribution in [3.63, 3.8) is 0 Å². The van der Waals surface area contributed by atoms with E-state index in [1.54, 1.807) is 7.11 Å². The number of anilines is 3. The van der Waals surface area contributed by atoms with Gasteiger partial charge in [-0.25, -0.2) is 4.98 Å². The zero-order valence-corrected chi connectivity index (χ0v) is 19.9. The first kappa shape index (κ1) is 23.5. The first-order chi connectivity index (χ1) is 16.3. The molecule has 34 heavy (non-hydrogen) atoms. The summed E-state index contributed by atoms with van der Waals surface area (Å²) in [5, 5.41) is 3.34. The van der Waals surface area contributed by atoms with Crippen LogP contribution in [0.1, 0.15) is 48.5 Å². The van der Waals surface area contributed by atoms with Crippen molar-refractivity contribution in [2.24, 2.45) is 11.5 Å². The largest absolute Gasteiger partial charge is 0.497 e. The molecule has 1 aliphatic heterocycles. The molecule has 1 saturated heterocycles. The molecule has 0 spiro atoms. The van der Waals surface area contributed by atoms with Gasteiger partial charge in [0.25, 0.3) is 5.91 Å². The predicted molar refractivity (Wildman–Crippen MR) is 136 cm³/mol. The molecule has 1 fully saturated rings. The molecule has 8 nitrogen and oxygen atoms in total. The van der Waals surface area contributed by atoms with Gasteiger partial charge >= 0.3 is 0 Å². The van der Waals surface area contributed by atoms with Gasteiger partial charge in [-0.15, -0.1) is 0 Å². The van der Waals surface area contributed by atoms with Gasteiger partial charge in [-0.2, -0.15) is 4.98 Å². The number of nitrogens with two attached hydrogens (primary N) is 2. The third-order valence-corrected chi connectivity index (χ3v) is 6.09. The Morgan fingerprint density at radius 2 is 1.94 bits per heavy atom. The van der Waals surface area contributed by atoms with Gasteiger partial charge in [0.05, 0.1) is 7.11 Å². The number of carbonyl (C=O) groups is 1. The molecule has 1 aliphatic rings. The van der Waals surface area contributed by atoms with Crippen LogP contribution in [0.4, 0.5) is 17.5 Å². The van der Waals surface area contributed by atoms with E-state index in [2.05, 4.69) is 46.2 Å². The monoisotopic (exact) mass is 460 g/mol. The van der Waals surface area contributed by atoms with Crippen molar-refractivity contribution in [3.8, 4) is 16.9 Å². The number of hydrogen-bond donors (Lipinski definition) is 3. The molecule has 0 radical (unpaired) electrons. The van der Waals surface area contributed by atoms with E-state index in [1.165, 1.54) is 6.20 Å². The van der Waals surface area contributed by atoms with E-state index in [0.717, 1.165) is 47.5 Å². The summed E-state index contributed by atoms with van der Waals surface area (Å²) in [5.41, 5.74) is 16.1. The maximum absolute atomic E-state index is 12.1. The van der Waals surface area contributed by atoms with E-state index in [4.69, 9.17) is 16.2 Å². The van der Waals surface area contributed by atoms with E-state index in [-0.39, 0.29) is 11.6 Å². The number of ether oxygens (including phenoxy) is 1. The average Bonchev–Trinajstić information content (AvgIpc) is 2.83. The first-order valence-corrected chi connectivity index (χ1v) is 11.6. The quantitative estimate of drug-likeness (QED) is 0.487. The Bertz CT molecular complexity index is 1160. The number of nitrogens with one attached hydrogen (secondary N) is 1. The number of piperidine rings is 1. The Labute approximate surface area is 200 Å². The molecule has 8 heteroatoms. The summed E-state index contributed by atoms with van der Waals surface area (Å²) in [7, 11) is 1.65. The Hall–Kier alpha value is -3.65. The van der Waals surface area contributed by atoms with Crippen molar-refractivity contribution in [2.75, 3.05) is 30.4 Å². The van der Waals surface area contributed by atoms with E-state index in [9.17, 15) is 4.79 Å². The summed E-state index contributed by atoms with van der Waals surface area (Å²) >= 11 is 0. The molecule has 1 amide bonds. The second kappa shape index (κ2) is 10.1. The third kappa shape index (κ3) is 5.28. The van der Waals surface area contributed by atoms with Crippen LogP contribution in [0.2, 0.25) is 0 Å². The van der Waals surface area contributed by atoms with E-state index in [0.29, 0.717) is 24.2 Å². The first-order valence-electron chi connectivity index (χ1n) is 11.6. The topological polar surface area (TPSA) is 119 Å². The fraction of sp³-hybridized carbons (Fsp3) is 0.346. The number of amides is 1. The number of rotatable bonds is 7. The zero-order chi connectivity index (χ0) is 24.2.